The van der Waals surface area contributed by atoms with Crippen LogP contribution in [-0.2, 0) is 28.9 Å². The van der Waals surface area contributed by atoms with Gasteiger partial charge in [0, 0.05) is 0 Å². The molecule has 0 amide bonds. The highest BCUT2D eigenvalue weighted by Gasteiger charge is 2.42. The Kier molecular flexibility index (Phi) is 7.40. The molecule has 0 spiro atoms. The second-order valence-corrected chi connectivity index (χ2v) is 6.01. The first-order valence-corrected chi connectivity index (χ1v) is 8.47. The Labute approximate surface area is 137 Å². The first-order chi connectivity index (χ1) is 10.7. The zero-order valence-corrected chi connectivity index (χ0v) is 14.3. The lowest BCUT2D eigenvalue weighted by atomic mass is 10.2. The van der Waals surface area contributed by atoms with Crippen LogP contribution in [0.25, 0.3) is 0 Å². The molecule has 0 saturated heterocycles. The third kappa shape index (κ3) is 5.42. The van der Waals surface area contributed by atoms with Gasteiger partial charge in [-0.05, 0) is 25.0 Å². The maximum atomic E-state index is 12.2. The third-order valence-electron chi connectivity index (χ3n) is 3.04. The molecule has 5 nitrogen and oxygen atoms in total. The number of carbonyl (C=O) groups excluding carboxylic acids is 1. The van der Waals surface area contributed by atoms with Crippen LogP contribution >= 0.6 is 11.8 Å². The molecule has 0 aromatic carbocycles. The Morgan fingerprint density at radius 2 is 2.00 bits per heavy atom. The van der Waals surface area contributed by atoms with Gasteiger partial charge in [-0.3, -0.25) is 10.4 Å². The van der Waals surface area contributed by atoms with Gasteiger partial charge < -0.3 is 4.74 Å². The number of alkyl halides is 3. The van der Waals surface area contributed by atoms with Crippen LogP contribution < -0.4 is 5.73 Å². The van der Waals surface area contributed by atoms with E-state index in [1.807, 2.05) is 13.8 Å². The number of thioether (sulfide) groups is 1. The number of esters is 1. The van der Waals surface area contributed by atoms with Crippen molar-refractivity contribution >= 4 is 17.7 Å². The lowest BCUT2D eigenvalue weighted by Gasteiger charge is -2.16. The lowest BCUT2D eigenvalue weighted by molar-refractivity contribution is -0.205. The molecule has 1 aromatic rings. The van der Waals surface area contributed by atoms with Gasteiger partial charge in [0.2, 0.25) is 0 Å². The summed E-state index contributed by atoms with van der Waals surface area (Å²) in [5.41, 5.74) is 7.30. The molecule has 0 radical (unpaired) electrons. The SMILES string of the molecule is CCCSc1c(CC)nn(CC(N)OC(=O)C(F)(F)F)c1CC. The summed E-state index contributed by atoms with van der Waals surface area (Å²) in [6, 6.07) is 0. The quantitative estimate of drug-likeness (QED) is 0.442. The average Bonchev–Trinajstić information content (AvgIpc) is 2.80. The first kappa shape index (κ1) is 19.8. The normalized spacial score (nSPS) is 13.2. The van der Waals surface area contributed by atoms with Crippen LogP contribution in [0.1, 0.15) is 38.6 Å². The molecule has 9 heteroatoms. The van der Waals surface area contributed by atoms with Crippen molar-refractivity contribution in [2.24, 2.45) is 5.73 Å². The van der Waals surface area contributed by atoms with E-state index in [-0.39, 0.29) is 6.54 Å². The predicted octanol–water partition coefficient (Wildman–Crippen LogP) is 2.90. The Bertz CT molecular complexity index is 532. The van der Waals surface area contributed by atoms with Gasteiger partial charge in [0.15, 0.2) is 6.23 Å². The molecular formula is C14H22F3N3O2S. The van der Waals surface area contributed by atoms with E-state index in [1.54, 1.807) is 16.4 Å². The zero-order valence-electron chi connectivity index (χ0n) is 13.4. The molecule has 2 N–H and O–H groups in total. The van der Waals surface area contributed by atoms with Crippen LogP contribution in [-0.4, -0.2) is 33.9 Å². The van der Waals surface area contributed by atoms with Crippen LogP contribution in [0.3, 0.4) is 0 Å². The van der Waals surface area contributed by atoms with Crippen molar-refractivity contribution in [3.05, 3.63) is 11.4 Å². The minimum atomic E-state index is -5.05. The van der Waals surface area contributed by atoms with E-state index < -0.39 is 18.4 Å². The fraction of sp³-hybridized carbons (Fsp3) is 0.714. The van der Waals surface area contributed by atoms with Gasteiger partial charge in [-0.2, -0.15) is 18.3 Å². The number of ether oxygens (including phenoxy) is 1. The molecule has 0 aliphatic heterocycles. The van der Waals surface area contributed by atoms with Crippen LogP contribution in [0.5, 0.6) is 0 Å². The lowest BCUT2D eigenvalue weighted by Crippen LogP contribution is -2.37. The van der Waals surface area contributed by atoms with Gasteiger partial charge in [-0.1, -0.05) is 20.8 Å². The summed E-state index contributed by atoms with van der Waals surface area (Å²) in [6.45, 7) is 5.87. The number of hydrogen-bond donors (Lipinski definition) is 1. The van der Waals surface area contributed by atoms with Crippen molar-refractivity contribution in [3.63, 3.8) is 0 Å². The van der Waals surface area contributed by atoms with E-state index in [4.69, 9.17) is 5.73 Å². The second-order valence-electron chi connectivity index (χ2n) is 4.90. The molecule has 23 heavy (non-hydrogen) atoms. The molecule has 1 aromatic heterocycles. The van der Waals surface area contributed by atoms with Crippen LogP contribution in [0.4, 0.5) is 13.2 Å². The van der Waals surface area contributed by atoms with E-state index in [2.05, 4.69) is 16.8 Å². The Hall–Kier alpha value is -1.22. The largest absolute Gasteiger partial charge is 0.490 e. The summed E-state index contributed by atoms with van der Waals surface area (Å²) in [7, 11) is 0. The molecule has 0 aliphatic carbocycles. The fourth-order valence-corrected chi connectivity index (χ4v) is 3.22. The average molecular weight is 353 g/mol. The smallest absolute Gasteiger partial charge is 0.438 e. The predicted molar refractivity (Wildman–Crippen MR) is 82.1 cm³/mol. The van der Waals surface area contributed by atoms with E-state index in [1.165, 1.54) is 0 Å². The summed E-state index contributed by atoms with van der Waals surface area (Å²) in [5.74, 6) is -1.35. The van der Waals surface area contributed by atoms with E-state index in [0.29, 0.717) is 12.8 Å². The molecule has 0 fully saturated rings. The zero-order chi connectivity index (χ0) is 17.6. The van der Waals surface area contributed by atoms with Crippen molar-refractivity contribution in [1.29, 1.82) is 0 Å². The number of rotatable bonds is 8. The summed E-state index contributed by atoms with van der Waals surface area (Å²) >= 11 is 1.68. The van der Waals surface area contributed by atoms with Crippen LogP contribution in [0.2, 0.25) is 0 Å². The highest BCUT2D eigenvalue weighted by atomic mass is 32.2. The second kappa shape index (κ2) is 8.58. The molecule has 1 atom stereocenters. The topological polar surface area (TPSA) is 70.1 Å². The van der Waals surface area contributed by atoms with Crippen molar-refractivity contribution in [1.82, 2.24) is 9.78 Å². The minimum Gasteiger partial charge on any atom is -0.438 e. The van der Waals surface area contributed by atoms with Crippen LogP contribution in [0, 0.1) is 0 Å². The molecule has 1 unspecified atom stereocenters. The molecular weight excluding hydrogens is 331 g/mol. The molecule has 0 aliphatic rings. The molecule has 132 valence electrons. The van der Waals surface area contributed by atoms with Gasteiger partial charge in [0.05, 0.1) is 22.8 Å². The summed E-state index contributed by atoms with van der Waals surface area (Å²) in [4.78, 5) is 11.9. The molecule has 0 saturated carbocycles. The maximum absolute atomic E-state index is 12.2. The van der Waals surface area contributed by atoms with Gasteiger partial charge in [-0.15, -0.1) is 11.8 Å². The maximum Gasteiger partial charge on any atom is 0.490 e. The summed E-state index contributed by atoms with van der Waals surface area (Å²) in [5, 5.41) is 4.41. The molecule has 1 heterocycles. The van der Waals surface area contributed by atoms with Crippen LogP contribution in [0.15, 0.2) is 4.90 Å². The summed E-state index contributed by atoms with van der Waals surface area (Å²) < 4.78 is 42.4. The van der Waals surface area contributed by atoms with Crippen molar-refractivity contribution in [2.75, 3.05) is 5.75 Å². The van der Waals surface area contributed by atoms with Gasteiger partial charge in [0.25, 0.3) is 0 Å². The van der Waals surface area contributed by atoms with Gasteiger partial charge in [0.1, 0.15) is 0 Å². The van der Waals surface area contributed by atoms with Crippen molar-refractivity contribution in [3.8, 4) is 0 Å². The van der Waals surface area contributed by atoms with Crippen molar-refractivity contribution in [2.45, 2.75) is 63.9 Å². The highest BCUT2D eigenvalue weighted by Crippen LogP contribution is 2.28. The van der Waals surface area contributed by atoms with Gasteiger partial charge in [-0.25, -0.2) is 4.79 Å². The van der Waals surface area contributed by atoms with Gasteiger partial charge >= 0.3 is 12.1 Å². The Balaban J connectivity index is 2.91. The third-order valence-corrected chi connectivity index (χ3v) is 4.41. The molecule has 0 bridgehead atoms. The number of carbonyl (C=O) groups is 1. The highest BCUT2D eigenvalue weighted by molar-refractivity contribution is 7.99. The molecule has 1 rings (SSSR count). The minimum absolute atomic E-state index is 0.106. The first-order valence-electron chi connectivity index (χ1n) is 7.49. The fourth-order valence-electron chi connectivity index (χ4n) is 2.04. The standard InChI is InChI=1S/C14H22F3N3O2S/c1-4-7-23-12-9(5-2)19-20(10(12)6-3)8-11(18)22-13(21)14(15,16)17/h11H,4-8,18H2,1-3H3. The number of aryl methyl sites for hydroxylation is 1. The van der Waals surface area contributed by atoms with E-state index >= 15 is 0 Å². The monoisotopic (exact) mass is 353 g/mol. The Morgan fingerprint density at radius 1 is 1.35 bits per heavy atom. The van der Waals surface area contributed by atoms with E-state index in [9.17, 15) is 18.0 Å². The van der Waals surface area contributed by atoms with E-state index in [0.717, 1.165) is 28.5 Å². The summed E-state index contributed by atoms with van der Waals surface area (Å²) in [6.07, 6.45) is -4.07. The number of hydrogen-bond acceptors (Lipinski definition) is 5. The number of halogens is 3. The number of nitrogens with zero attached hydrogens (tertiary/aromatic N) is 2. The number of nitrogens with two attached hydrogens (primary N) is 1. The Morgan fingerprint density at radius 3 is 2.48 bits per heavy atom. The van der Waals surface area contributed by atoms with Crippen molar-refractivity contribution < 1.29 is 22.7 Å². The number of aromatic nitrogens is 2.